The van der Waals surface area contributed by atoms with E-state index in [1.807, 2.05) is 18.2 Å². The van der Waals surface area contributed by atoms with Gasteiger partial charge < -0.3 is 9.84 Å². The van der Waals surface area contributed by atoms with E-state index in [-0.39, 0.29) is 6.10 Å². The maximum absolute atomic E-state index is 9.73. The molecule has 1 aromatic heterocycles. The normalized spacial score (nSPS) is 17.9. The lowest BCUT2D eigenvalue weighted by molar-refractivity contribution is 0.150. The van der Waals surface area contributed by atoms with Gasteiger partial charge in [0, 0.05) is 18.2 Å². The van der Waals surface area contributed by atoms with Crippen LogP contribution in [0.2, 0.25) is 0 Å². The molecule has 2 rings (SSSR count). The van der Waals surface area contributed by atoms with Crippen molar-refractivity contribution in [2.45, 2.75) is 25.4 Å². The van der Waals surface area contributed by atoms with E-state index in [0.717, 1.165) is 18.5 Å². The summed E-state index contributed by atoms with van der Waals surface area (Å²) in [5, 5.41) is 9.73. The summed E-state index contributed by atoms with van der Waals surface area (Å²) in [7, 11) is 1.60. The summed E-state index contributed by atoms with van der Waals surface area (Å²) in [4.78, 5) is 4.26. The van der Waals surface area contributed by atoms with E-state index < -0.39 is 0 Å². The number of methoxy groups -OCH3 is 1. The number of hydrogen-bond donors (Lipinski definition) is 1. The molecule has 1 atom stereocenters. The van der Waals surface area contributed by atoms with Gasteiger partial charge in [-0.15, -0.1) is 0 Å². The molecule has 0 amide bonds. The Morgan fingerprint density at radius 1 is 1.57 bits per heavy atom. The summed E-state index contributed by atoms with van der Waals surface area (Å²) in [5.41, 5.74) is 0.906. The third-order valence-corrected chi connectivity index (χ3v) is 2.57. The molecule has 3 heteroatoms. The summed E-state index contributed by atoms with van der Waals surface area (Å²) in [5.74, 6) is 1.12. The Morgan fingerprint density at radius 2 is 2.36 bits per heavy atom. The largest absolute Gasteiger partial charge is 0.481 e. The molecule has 3 nitrogen and oxygen atoms in total. The van der Waals surface area contributed by atoms with Gasteiger partial charge in [-0.05, 0) is 24.8 Å². The predicted octanol–water partition coefficient (Wildman–Crippen LogP) is 1.40. The van der Waals surface area contributed by atoms with Crippen LogP contribution >= 0.6 is 0 Å². The lowest BCUT2D eigenvalue weighted by Crippen LogP contribution is -2.13. The molecule has 0 aromatic carbocycles. The number of pyridine rings is 1. The summed E-state index contributed by atoms with van der Waals surface area (Å²) < 4.78 is 5.02. The van der Waals surface area contributed by atoms with Crippen LogP contribution < -0.4 is 4.74 Å². The van der Waals surface area contributed by atoms with E-state index in [9.17, 15) is 5.11 Å². The fourth-order valence-electron chi connectivity index (χ4n) is 1.55. The minimum absolute atomic E-state index is 0.227. The molecule has 1 heterocycles. The summed E-state index contributed by atoms with van der Waals surface area (Å²) >= 11 is 0. The first-order chi connectivity index (χ1) is 6.79. The van der Waals surface area contributed by atoms with E-state index in [2.05, 4.69) is 4.98 Å². The van der Waals surface area contributed by atoms with Gasteiger partial charge in [0.2, 0.25) is 5.88 Å². The second-order valence-corrected chi connectivity index (χ2v) is 3.78. The number of nitrogens with zero attached hydrogens (tertiary/aromatic N) is 1. The number of aliphatic hydroxyl groups excluding tert-OH is 1. The second kappa shape index (κ2) is 3.96. The van der Waals surface area contributed by atoms with Crippen molar-refractivity contribution in [1.29, 1.82) is 0 Å². The zero-order valence-electron chi connectivity index (χ0n) is 8.31. The van der Waals surface area contributed by atoms with Crippen molar-refractivity contribution in [1.82, 2.24) is 4.98 Å². The van der Waals surface area contributed by atoms with Gasteiger partial charge in [0.15, 0.2) is 0 Å². The molecule has 1 aliphatic carbocycles. The molecule has 1 unspecified atom stereocenters. The molecule has 0 saturated heterocycles. The summed E-state index contributed by atoms with van der Waals surface area (Å²) in [6, 6.07) is 5.64. The number of aliphatic hydroxyl groups is 1. The molecule has 1 aliphatic rings. The molecule has 0 aliphatic heterocycles. The van der Waals surface area contributed by atoms with Crippen LogP contribution in [0, 0.1) is 5.92 Å². The first kappa shape index (κ1) is 9.46. The standard InChI is InChI=1S/C11H15NO2/c1-14-11-4-2-3-9(12-11)7-10(13)8-5-6-8/h2-4,8,10,13H,5-7H2,1H3. The Kier molecular flexibility index (Phi) is 2.68. The third kappa shape index (κ3) is 2.23. The van der Waals surface area contributed by atoms with Crippen LogP contribution in [0.25, 0.3) is 0 Å². The van der Waals surface area contributed by atoms with E-state index in [4.69, 9.17) is 4.74 Å². The van der Waals surface area contributed by atoms with Crippen molar-refractivity contribution in [3.63, 3.8) is 0 Å². The smallest absolute Gasteiger partial charge is 0.213 e. The lowest BCUT2D eigenvalue weighted by Gasteiger charge is -2.08. The highest BCUT2D eigenvalue weighted by Crippen LogP contribution is 2.33. The molecular formula is C11H15NO2. The Labute approximate surface area is 83.7 Å². The molecule has 14 heavy (non-hydrogen) atoms. The Morgan fingerprint density at radius 3 is 3.00 bits per heavy atom. The summed E-state index contributed by atoms with van der Waals surface area (Å²) in [6.07, 6.45) is 2.73. The van der Waals surface area contributed by atoms with Gasteiger partial charge in [-0.3, -0.25) is 0 Å². The average molecular weight is 193 g/mol. The molecule has 0 radical (unpaired) electrons. The average Bonchev–Trinajstić information content (AvgIpc) is 3.01. The van der Waals surface area contributed by atoms with Gasteiger partial charge >= 0.3 is 0 Å². The SMILES string of the molecule is COc1cccc(CC(O)C2CC2)n1. The Balaban J connectivity index is 2.00. The first-order valence-electron chi connectivity index (χ1n) is 4.97. The van der Waals surface area contributed by atoms with Gasteiger partial charge in [0.25, 0.3) is 0 Å². The van der Waals surface area contributed by atoms with Crippen LogP contribution in [0.5, 0.6) is 5.88 Å². The van der Waals surface area contributed by atoms with E-state index in [0.29, 0.717) is 18.2 Å². The van der Waals surface area contributed by atoms with Crippen LogP contribution in [-0.4, -0.2) is 23.3 Å². The van der Waals surface area contributed by atoms with E-state index in [1.165, 1.54) is 0 Å². The molecule has 1 N–H and O–H groups in total. The topological polar surface area (TPSA) is 42.4 Å². The maximum atomic E-state index is 9.73. The van der Waals surface area contributed by atoms with E-state index in [1.54, 1.807) is 7.11 Å². The minimum atomic E-state index is -0.227. The molecule has 76 valence electrons. The highest BCUT2D eigenvalue weighted by molar-refractivity contribution is 5.16. The van der Waals surface area contributed by atoms with Crippen LogP contribution in [0.15, 0.2) is 18.2 Å². The van der Waals surface area contributed by atoms with Crippen molar-refractivity contribution in [3.05, 3.63) is 23.9 Å². The molecule has 0 bridgehead atoms. The van der Waals surface area contributed by atoms with Crippen molar-refractivity contribution >= 4 is 0 Å². The fraction of sp³-hybridized carbons (Fsp3) is 0.545. The summed E-state index contributed by atoms with van der Waals surface area (Å²) in [6.45, 7) is 0. The molecule has 0 spiro atoms. The molecule has 1 saturated carbocycles. The van der Waals surface area contributed by atoms with Gasteiger partial charge in [-0.25, -0.2) is 4.98 Å². The highest BCUT2D eigenvalue weighted by atomic mass is 16.5. The van der Waals surface area contributed by atoms with Gasteiger partial charge in [0.05, 0.1) is 13.2 Å². The zero-order chi connectivity index (χ0) is 9.97. The Hall–Kier alpha value is -1.09. The second-order valence-electron chi connectivity index (χ2n) is 3.78. The minimum Gasteiger partial charge on any atom is -0.481 e. The van der Waals surface area contributed by atoms with Crippen molar-refractivity contribution < 1.29 is 9.84 Å². The van der Waals surface area contributed by atoms with Crippen molar-refractivity contribution in [3.8, 4) is 5.88 Å². The van der Waals surface area contributed by atoms with Crippen LogP contribution in [0.3, 0.4) is 0 Å². The third-order valence-electron chi connectivity index (χ3n) is 2.57. The van der Waals surface area contributed by atoms with Crippen LogP contribution in [0.1, 0.15) is 18.5 Å². The van der Waals surface area contributed by atoms with Gasteiger partial charge in [-0.1, -0.05) is 6.07 Å². The number of aromatic nitrogens is 1. The van der Waals surface area contributed by atoms with Crippen molar-refractivity contribution in [2.24, 2.45) is 5.92 Å². The quantitative estimate of drug-likeness (QED) is 0.786. The zero-order valence-corrected chi connectivity index (χ0v) is 8.31. The van der Waals surface area contributed by atoms with Crippen molar-refractivity contribution in [2.75, 3.05) is 7.11 Å². The van der Waals surface area contributed by atoms with Crippen LogP contribution in [0.4, 0.5) is 0 Å². The fourth-order valence-corrected chi connectivity index (χ4v) is 1.55. The van der Waals surface area contributed by atoms with E-state index >= 15 is 0 Å². The molecule has 1 aromatic rings. The molecular weight excluding hydrogens is 178 g/mol. The highest BCUT2D eigenvalue weighted by Gasteiger charge is 2.29. The number of hydrogen-bond acceptors (Lipinski definition) is 3. The number of ether oxygens (including phenoxy) is 1. The predicted molar refractivity (Wildman–Crippen MR) is 53.2 cm³/mol. The Bertz CT molecular complexity index is 310. The first-order valence-corrected chi connectivity index (χ1v) is 4.97. The van der Waals surface area contributed by atoms with Gasteiger partial charge in [-0.2, -0.15) is 0 Å². The monoisotopic (exact) mass is 193 g/mol. The molecule has 1 fully saturated rings. The van der Waals surface area contributed by atoms with Gasteiger partial charge in [0.1, 0.15) is 0 Å². The maximum Gasteiger partial charge on any atom is 0.213 e. The lowest BCUT2D eigenvalue weighted by atomic mass is 10.1. The van der Waals surface area contributed by atoms with Crippen LogP contribution in [-0.2, 0) is 6.42 Å². The number of rotatable bonds is 4.